The standard InChI is InChI=1S/C17H26N2O3/c1-12(2)10-16(18)17(20)19-13-5-7-14(8-6-13)22-11-15-4-3-9-21-15/h5-8,12,15-16H,3-4,9-11,18H2,1-2H3,(H,19,20)/t15?,16-/m0/s1. The number of rotatable bonds is 7. The summed E-state index contributed by atoms with van der Waals surface area (Å²) >= 11 is 0. The number of benzene rings is 1. The Morgan fingerprint density at radius 1 is 1.41 bits per heavy atom. The second kappa shape index (κ2) is 8.15. The number of amides is 1. The van der Waals surface area contributed by atoms with Gasteiger partial charge in [-0.05, 0) is 49.4 Å². The number of nitrogens with one attached hydrogen (secondary N) is 1. The Morgan fingerprint density at radius 3 is 2.73 bits per heavy atom. The second-order valence-corrected chi connectivity index (χ2v) is 6.20. The third-order valence-electron chi connectivity index (χ3n) is 3.64. The fourth-order valence-electron chi connectivity index (χ4n) is 2.45. The summed E-state index contributed by atoms with van der Waals surface area (Å²) in [4.78, 5) is 11.9. The molecule has 2 atom stereocenters. The lowest BCUT2D eigenvalue weighted by Crippen LogP contribution is -2.36. The van der Waals surface area contributed by atoms with E-state index in [-0.39, 0.29) is 12.0 Å². The molecule has 122 valence electrons. The number of carbonyl (C=O) groups excluding carboxylic acids is 1. The van der Waals surface area contributed by atoms with Crippen LogP contribution in [0.5, 0.6) is 5.75 Å². The van der Waals surface area contributed by atoms with Gasteiger partial charge in [0.1, 0.15) is 12.4 Å². The number of anilines is 1. The minimum atomic E-state index is -0.476. The number of hydrogen-bond acceptors (Lipinski definition) is 4. The molecule has 0 radical (unpaired) electrons. The molecule has 1 fully saturated rings. The Labute approximate surface area is 132 Å². The van der Waals surface area contributed by atoms with Crippen LogP contribution in [0.15, 0.2) is 24.3 Å². The molecule has 0 bridgehead atoms. The molecule has 5 heteroatoms. The van der Waals surface area contributed by atoms with Crippen LogP contribution >= 0.6 is 0 Å². The Balaban J connectivity index is 1.79. The maximum Gasteiger partial charge on any atom is 0.241 e. The topological polar surface area (TPSA) is 73.6 Å². The largest absolute Gasteiger partial charge is 0.491 e. The van der Waals surface area contributed by atoms with Crippen molar-refractivity contribution in [3.05, 3.63) is 24.3 Å². The van der Waals surface area contributed by atoms with Crippen LogP contribution in [-0.4, -0.2) is 31.3 Å². The van der Waals surface area contributed by atoms with E-state index >= 15 is 0 Å². The van der Waals surface area contributed by atoms with Crippen molar-refractivity contribution >= 4 is 11.6 Å². The van der Waals surface area contributed by atoms with Gasteiger partial charge in [-0.1, -0.05) is 13.8 Å². The van der Waals surface area contributed by atoms with Crippen LogP contribution in [-0.2, 0) is 9.53 Å². The maximum atomic E-state index is 11.9. The summed E-state index contributed by atoms with van der Waals surface area (Å²) in [5, 5.41) is 2.83. The summed E-state index contributed by atoms with van der Waals surface area (Å²) in [6, 6.07) is 6.86. The van der Waals surface area contributed by atoms with Crippen molar-refractivity contribution in [3.63, 3.8) is 0 Å². The molecule has 0 saturated carbocycles. The van der Waals surface area contributed by atoms with Gasteiger partial charge in [-0.25, -0.2) is 0 Å². The smallest absolute Gasteiger partial charge is 0.241 e. The molecule has 0 spiro atoms. The highest BCUT2D eigenvalue weighted by Crippen LogP contribution is 2.18. The quantitative estimate of drug-likeness (QED) is 0.812. The molecule has 1 aliphatic rings. The molecule has 22 heavy (non-hydrogen) atoms. The monoisotopic (exact) mass is 306 g/mol. The Hall–Kier alpha value is -1.59. The normalized spacial score (nSPS) is 19.2. The van der Waals surface area contributed by atoms with Gasteiger partial charge in [0.25, 0.3) is 0 Å². The first-order chi connectivity index (χ1) is 10.5. The molecule has 3 N–H and O–H groups in total. The summed E-state index contributed by atoms with van der Waals surface area (Å²) in [6.45, 7) is 5.50. The van der Waals surface area contributed by atoms with E-state index in [4.69, 9.17) is 15.2 Å². The lowest BCUT2D eigenvalue weighted by molar-refractivity contribution is -0.117. The summed E-state index contributed by atoms with van der Waals surface area (Å²) in [7, 11) is 0. The van der Waals surface area contributed by atoms with Crippen LogP contribution in [0.1, 0.15) is 33.1 Å². The zero-order chi connectivity index (χ0) is 15.9. The van der Waals surface area contributed by atoms with E-state index < -0.39 is 6.04 Å². The SMILES string of the molecule is CC(C)C[C@H](N)C(=O)Nc1ccc(OCC2CCCO2)cc1. The predicted octanol–water partition coefficient (Wildman–Crippen LogP) is 2.56. The van der Waals surface area contributed by atoms with Crippen molar-refractivity contribution in [1.29, 1.82) is 0 Å². The van der Waals surface area contributed by atoms with E-state index in [0.29, 0.717) is 18.9 Å². The lowest BCUT2D eigenvalue weighted by atomic mass is 10.0. The summed E-state index contributed by atoms with van der Waals surface area (Å²) in [5.41, 5.74) is 6.59. The van der Waals surface area contributed by atoms with E-state index in [2.05, 4.69) is 5.32 Å². The van der Waals surface area contributed by atoms with Gasteiger partial charge in [0.15, 0.2) is 0 Å². The summed E-state index contributed by atoms with van der Waals surface area (Å²) < 4.78 is 11.2. The molecule has 0 aliphatic carbocycles. The minimum Gasteiger partial charge on any atom is -0.491 e. The molecule has 5 nitrogen and oxygen atoms in total. The number of carbonyl (C=O) groups is 1. The number of ether oxygens (including phenoxy) is 2. The third-order valence-corrected chi connectivity index (χ3v) is 3.64. The fraction of sp³-hybridized carbons (Fsp3) is 0.588. The predicted molar refractivity (Wildman–Crippen MR) is 87.0 cm³/mol. The van der Waals surface area contributed by atoms with Gasteiger partial charge in [0.2, 0.25) is 5.91 Å². The molecule has 1 aromatic rings. The van der Waals surface area contributed by atoms with E-state index in [9.17, 15) is 4.79 Å². The molecule has 0 aromatic heterocycles. The van der Waals surface area contributed by atoms with Gasteiger partial charge in [-0.2, -0.15) is 0 Å². The van der Waals surface area contributed by atoms with Crippen molar-refractivity contribution in [2.75, 3.05) is 18.5 Å². The minimum absolute atomic E-state index is 0.151. The molecule has 2 rings (SSSR count). The third kappa shape index (κ3) is 5.31. The number of hydrogen-bond donors (Lipinski definition) is 2. The summed E-state index contributed by atoms with van der Waals surface area (Å²) in [5.74, 6) is 1.02. The Morgan fingerprint density at radius 2 is 2.14 bits per heavy atom. The van der Waals surface area contributed by atoms with E-state index in [1.165, 1.54) is 0 Å². The zero-order valence-electron chi connectivity index (χ0n) is 13.4. The highest BCUT2D eigenvalue weighted by Gasteiger charge is 2.16. The molecule has 1 unspecified atom stereocenters. The van der Waals surface area contributed by atoms with Crippen LogP contribution in [0.3, 0.4) is 0 Å². The van der Waals surface area contributed by atoms with Gasteiger partial charge < -0.3 is 20.5 Å². The van der Waals surface area contributed by atoms with Gasteiger partial charge in [-0.15, -0.1) is 0 Å². The Kier molecular flexibility index (Phi) is 6.21. The van der Waals surface area contributed by atoms with Crippen molar-refractivity contribution in [2.24, 2.45) is 11.7 Å². The van der Waals surface area contributed by atoms with Crippen molar-refractivity contribution < 1.29 is 14.3 Å². The van der Waals surface area contributed by atoms with E-state index in [1.54, 1.807) is 0 Å². The first-order valence-corrected chi connectivity index (χ1v) is 7.95. The molecule has 1 aromatic carbocycles. The van der Waals surface area contributed by atoms with Crippen LogP contribution in [0, 0.1) is 5.92 Å². The van der Waals surface area contributed by atoms with Gasteiger partial charge in [0.05, 0.1) is 12.1 Å². The highest BCUT2D eigenvalue weighted by atomic mass is 16.5. The Bertz CT molecular complexity index is 467. The van der Waals surface area contributed by atoms with Crippen LogP contribution in [0.2, 0.25) is 0 Å². The summed E-state index contributed by atoms with van der Waals surface area (Å²) in [6.07, 6.45) is 3.04. The molecule has 1 heterocycles. The van der Waals surface area contributed by atoms with Crippen LogP contribution in [0.4, 0.5) is 5.69 Å². The van der Waals surface area contributed by atoms with Gasteiger partial charge in [-0.3, -0.25) is 4.79 Å². The second-order valence-electron chi connectivity index (χ2n) is 6.20. The average molecular weight is 306 g/mol. The van der Waals surface area contributed by atoms with Gasteiger partial charge in [0, 0.05) is 12.3 Å². The first-order valence-electron chi connectivity index (χ1n) is 7.95. The molecular formula is C17H26N2O3. The first kappa shape index (κ1) is 16.8. The average Bonchev–Trinajstić information content (AvgIpc) is 2.99. The number of nitrogens with two attached hydrogens (primary N) is 1. The lowest BCUT2D eigenvalue weighted by Gasteiger charge is -2.15. The van der Waals surface area contributed by atoms with E-state index in [1.807, 2.05) is 38.1 Å². The molecule has 1 amide bonds. The fourth-order valence-corrected chi connectivity index (χ4v) is 2.45. The molecule has 1 saturated heterocycles. The van der Waals surface area contributed by atoms with Crippen LogP contribution in [0.25, 0.3) is 0 Å². The van der Waals surface area contributed by atoms with Crippen LogP contribution < -0.4 is 15.8 Å². The zero-order valence-corrected chi connectivity index (χ0v) is 13.4. The van der Waals surface area contributed by atoms with Gasteiger partial charge >= 0.3 is 0 Å². The van der Waals surface area contributed by atoms with Crippen molar-refractivity contribution in [2.45, 2.75) is 45.3 Å². The molecule has 1 aliphatic heterocycles. The highest BCUT2D eigenvalue weighted by molar-refractivity contribution is 5.94. The van der Waals surface area contributed by atoms with Crippen molar-refractivity contribution in [1.82, 2.24) is 0 Å². The van der Waals surface area contributed by atoms with E-state index in [0.717, 1.165) is 30.9 Å². The maximum absolute atomic E-state index is 11.9. The molecular weight excluding hydrogens is 280 g/mol. The van der Waals surface area contributed by atoms with Crippen molar-refractivity contribution in [3.8, 4) is 5.75 Å².